The summed E-state index contributed by atoms with van der Waals surface area (Å²) >= 11 is 0. The van der Waals surface area contributed by atoms with Gasteiger partial charge in [-0.1, -0.05) is 38.8 Å². The van der Waals surface area contributed by atoms with Crippen LogP contribution in [0.2, 0.25) is 0 Å². The van der Waals surface area contributed by atoms with Crippen molar-refractivity contribution in [3.05, 3.63) is 54.1 Å². The van der Waals surface area contributed by atoms with Crippen LogP contribution in [-0.4, -0.2) is 46.7 Å². The Morgan fingerprint density at radius 2 is 1.78 bits per heavy atom. The average molecular weight is 510 g/mol. The zero-order valence-corrected chi connectivity index (χ0v) is 22.1. The highest BCUT2D eigenvalue weighted by atomic mass is 16.6. The lowest BCUT2D eigenvalue weighted by Gasteiger charge is -2.32. The van der Waals surface area contributed by atoms with E-state index in [1.807, 2.05) is 6.92 Å². The highest BCUT2D eigenvalue weighted by Crippen LogP contribution is 2.28. The average Bonchev–Trinajstić information content (AvgIpc) is 2.84. The summed E-state index contributed by atoms with van der Waals surface area (Å²) in [5.41, 5.74) is -0.0374. The van der Waals surface area contributed by atoms with Gasteiger partial charge in [0, 0.05) is 11.7 Å². The van der Waals surface area contributed by atoms with Crippen LogP contribution in [0.4, 0.5) is 10.5 Å². The Morgan fingerprint density at radius 3 is 2.30 bits per heavy atom. The number of anilines is 1. The van der Waals surface area contributed by atoms with Crippen molar-refractivity contribution in [2.75, 3.05) is 12.4 Å². The molecule has 0 spiro atoms. The maximum Gasteiger partial charge on any atom is 0.408 e. The van der Waals surface area contributed by atoms with Crippen molar-refractivity contribution in [1.82, 2.24) is 10.2 Å². The molecule has 0 aromatic heterocycles. The van der Waals surface area contributed by atoms with Crippen molar-refractivity contribution in [3.63, 3.8) is 0 Å². The van der Waals surface area contributed by atoms with Crippen molar-refractivity contribution in [2.45, 2.75) is 58.7 Å². The smallest absolute Gasteiger partial charge is 0.408 e. The number of benzene rings is 2. The van der Waals surface area contributed by atoms with Gasteiger partial charge in [0.05, 0.1) is 7.11 Å². The molecule has 3 N–H and O–H groups in total. The molecule has 0 aliphatic heterocycles. The number of alkyl carbamates (subject to hydrolysis) is 1. The van der Waals surface area contributed by atoms with Crippen molar-refractivity contribution in [1.29, 1.82) is 0 Å². The summed E-state index contributed by atoms with van der Waals surface area (Å²) in [6.45, 7) is 8.78. The Bertz CT molecular complexity index is 1130. The zero-order chi connectivity index (χ0) is 27.8. The van der Waals surface area contributed by atoms with Crippen LogP contribution in [0.5, 0.6) is 11.5 Å². The third-order valence-electron chi connectivity index (χ3n) is 5.58. The summed E-state index contributed by atoms with van der Waals surface area (Å²) in [6, 6.07) is 12.5. The molecular formula is C28H35N3O6. The molecule has 3 atom stereocenters. The predicted molar refractivity (Wildman–Crippen MR) is 141 cm³/mol. The standard InChI is InChI=1S/C28H35N3O6/c1-8-18(3)23(30-27(35)37-28(4,5)6)26(34)31(9-2)24(19-11-10-12-21(32)17-19)25(33)29-20-13-15-22(36-7)16-14-20/h2,10-18,23-24,32H,8H2,1,3-7H3,(H,29,33)(H,30,35). The highest BCUT2D eigenvalue weighted by molar-refractivity contribution is 5.99. The lowest BCUT2D eigenvalue weighted by Crippen LogP contribution is -2.53. The lowest BCUT2D eigenvalue weighted by molar-refractivity contribution is -0.137. The Kier molecular flexibility index (Phi) is 9.95. The second-order valence-corrected chi connectivity index (χ2v) is 9.56. The Hall–Kier alpha value is -4.19. The molecule has 2 aromatic carbocycles. The molecule has 0 saturated heterocycles. The summed E-state index contributed by atoms with van der Waals surface area (Å²) in [4.78, 5) is 40.8. The van der Waals surface area contributed by atoms with E-state index < -0.39 is 35.6 Å². The van der Waals surface area contributed by atoms with Gasteiger partial charge in [-0.15, -0.1) is 0 Å². The molecule has 0 radical (unpaired) electrons. The molecule has 3 unspecified atom stereocenters. The van der Waals surface area contributed by atoms with E-state index in [0.29, 0.717) is 17.9 Å². The predicted octanol–water partition coefficient (Wildman–Crippen LogP) is 4.44. The van der Waals surface area contributed by atoms with Gasteiger partial charge in [-0.3, -0.25) is 14.5 Å². The summed E-state index contributed by atoms with van der Waals surface area (Å²) < 4.78 is 10.5. The maximum absolute atomic E-state index is 13.8. The SMILES string of the molecule is C#CN(C(=O)C(NC(=O)OC(C)(C)C)C(C)CC)C(C(=O)Nc1ccc(OC)cc1)c1cccc(O)c1. The second kappa shape index (κ2) is 12.7. The summed E-state index contributed by atoms with van der Waals surface area (Å²) in [5.74, 6) is -1.10. The first kappa shape index (κ1) is 29.0. The van der Waals surface area contributed by atoms with Gasteiger partial charge >= 0.3 is 6.09 Å². The number of carbonyl (C=O) groups excluding carboxylic acids is 3. The quantitative estimate of drug-likeness (QED) is 0.340. The molecular weight excluding hydrogens is 474 g/mol. The van der Waals surface area contributed by atoms with Crippen LogP contribution in [-0.2, 0) is 14.3 Å². The summed E-state index contributed by atoms with van der Waals surface area (Å²) in [5, 5.41) is 15.4. The topological polar surface area (TPSA) is 117 Å². The van der Waals surface area contributed by atoms with Gasteiger partial charge in [0.2, 0.25) is 0 Å². The minimum atomic E-state index is -1.31. The van der Waals surface area contributed by atoms with Crippen molar-refractivity contribution in [2.24, 2.45) is 5.92 Å². The fourth-order valence-corrected chi connectivity index (χ4v) is 3.53. The first-order valence-electron chi connectivity index (χ1n) is 11.9. The number of methoxy groups -OCH3 is 1. The second-order valence-electron chi connectivity index (χ2n) is 9.56. The van der Waals surface area contributed by atoms with Crippen LogP contribution in [0.25, 0.3) is 0 Å². The fourth-order valence-electron chi connectivity index (χ4n) is 3.53. The van der Waals surface area contributed by atoms with Crippen molar-refractivity contribution >= 4 is 23.6 Å². The Balaban J connectivity index is 2.46. The van der Waals surface area contributed by atoms with Crippen LogP contribution < -0.4 is 15.4 Å². The van der Waals surface area contributed by atoms with Crippen molar-refractivity contribution in [3.8, 4) is 24.0 Å². The number of hydrogen-bond acceptors (Lipinski definition) is 6. The van der Waals surface area contributed by atoms with E-state index in [9.17, 15) is 19.5 Å². The number of phenols is 1. The molecule has 0 heterocycles. The minimum Gasteiger partial charge on any atom is -0.508 e. The fraction of sp³-hybridized carbons (Fsp3) is 0.393. The number of rotatable bonds is 9. The number of ether oxygens (including phenoxy) is 2. The zero-order valence-electron chi connectivity index (χ0n) is 22.1. The third-order valence-corrected chi connectivity index (χ3v) is 5.58. The molecule has 198 valence electrons. The van der Waals surface area contributed by atoms with E-state index in [2.05, 4.69) is 16.7 Å². The van der Waals surface area contributed by atoms with Gasteiger partial charge in [-0.2, -0.15) is 0 Å². The first-order chi connectivity index (χ1) is 17.4. The molecule has 3 amide bonds. The van der Waals surface area contributed by atoms with Gasteiger partial charge in [-0.25, -0.2) is 4.79 Å². The van der Waals surface area contributed by atoms with Crippen molar-refractivity contribution < 1.29 is 29.0 Å². The molecule has 2 aromatic rings. The van der Waals surface area contributed by atoms with E-state index >= 15 is 0 Å². The normalized spacial score (nSPS) is 13.3. The molecule has 2 rings (SSSR count). The van der Waals surface area contributed by atoms with Crippen LogP contribution in [0.3, 0.4) is 0 Å². The molecule has 0 bridgehead atoms. The Morgan fingerprint density at radius 1 is 1.14 bits per heavy atom. The molecule has 9 heteroatoms. The largest absolute Gasteiger partial charge is 0.508 e. The van der Waals surface area contributed by atoms with E-state index in [-0.39, 0.29) is 17.2 Å². The number of nitrogens with one attached hydrogen (secondary N) is 2. The number of amides is 3. The number of aromatic hydroxyl groups is 1. The molecule has 0 fully saturated rings. The number of terminal acetylenes is 1. The van der Waals surface area contributed by atoms with Gasteiger partial charge in [0.15, 0.2) is 0 Å². The maximum atomic E-state index is 13.8. The molecule has 9 nitrogen and oxygen atoms in total. The van der Waals surface area contributed by atoms with Crippen LogP contribution >= 0.6 is 0 Å². The van der Waals surface area contributed by atoms with Gasteiger partial charge in [0.1, 0.15) is 29.2 Å². The van der Waals surface area contributed by atoms with Gasteiger partial charge in [0.25, 0.3) is 11.8 Å². The van der Waals surface area contributed by atoms with E-state index in [1.54, 1.807) is 64.1 Å². The van der Waals surface area contributed by atoms with Gasteiger partial charge < -0.3 is 25.2 Å². The summed E-state index contributed by atoms with van der Waals surface area (Å²) in [6.07, 6.45) is 5.55. The monoisotopic (exact) mass is 509 g/mol. The third kappa shape index (κ3) is 8.17. The molecule has 37 heavy (non-hydrogen) atoms. The molecule has 0 aliphatic carbocycles. The van der Waals surface area contributed by atoms with Crippen LogP contribution in [0.1, 0.15) is 52.6 Å². The lowest BCUT2D eigenvalue weighted by atomic mass is 9.96. The number of hydrogen-bond donors (Lipinski definition) is 3. The van der Waals surface area contributed by atoms with E-state index in [0.717, 1.165) is 4.90 Å². The molecule has 0 saturated carbocycles. The number of nitrogens with zero attached hydrogens (tertiary/aromatic N) is 1. The number of carbonyl (C=O) groups is 3. The van der Waals surface area contributed by atoms with E-state index in [1.165, 1.54) is 19.2 Å². The van der Waals surface area contributed by atoms with Crippen LogP contribution in [0, 0.1) is 18.4 Å². The Labute approximate surface area is 218 Å². The summed E-state index contributed by atoms with van der Waals surface area (Å²) in [7, 11) is 1.53. The highest BCUT2D eigenvalue weighted by Gasteiger charge is 2.38. The van der Waals surface area contributed by atoms with E-state index in [4.69, 9.17) is 15.9 Å². The molecule has 0 aliphatic rings. The number of phenolic OH excluding ortho intramolecular Hbond substituents is 1. The minimum absolute atomic E-state index is 0.102. The first-order valence-corrected chi connectivity index (χ1v) is 11.9. The van der Waals surface area contributed by atoms with Gasteiger partial charge in [-0.05, 0) is 68.7 Å². The van der Waals surface area contributed by atoms with Crippen LogP contribution in [0.15, 0.2) is 48.5 Å².